The summed E-state index contributed by atoms with van der Waals surface area (Å²) >= 11 is 0. The van der Waals surface area contributed by atoms with Gasteiger partial charge in [0.2, 0.25) is 0 Å². The van der Waals surface area contributed by atoms with E-state index >= 15 is 0 Å². The zero-order valence-electron chi connectivity index (χ0n) is 13.5. The molecule has 0 saturated carbocycles. The lowest BCUT2D eigenvalue weighted by Crippen LogP contribution is -1.97. The van der Waals surface area contributed by atoms with Crippen LogP contribution in [0.25, 0.3) is 0 Å². The van der Waals surface area contributed by atoms with E-state index in [9.17, 15) is 9.59 Å². The van der Waals surface area contributed by atoms with Crippen LogP contribution in [0, 0.1) is 0 Å². The van der Waals surface area contributed by atoms with Gasteiger partial charge in [0.1, 0.15) is 12.1 Å². The second-order valence-electron chi connectivity index (χ2n) is 5.88. The smallest absolute Gasteiger partial charge is 0.132 e. The number of hydrogen-bond donors (Lipinski definition) is 0. The van der Waals surface area contributed by atoms with Crippen LogP contribution < -0.4 is 0 Å². The van der Waals surface area contributed by atoms with Crippen molar-refractivity contribution in [2.75, 3.05) is 0 Å². The Morgan fingerprint density at radius 1 is 0.700 bits per heavy atom. The van der Waals surface area contributed by atoms with Crippen molar-refractivity contribution in [3.8, 4) is 0 Å². The fourth-order valence-electron chi connectivity index (χ4n) is 2.48. The van der Waals surface area contributed by atoms with Crippen LogP contribution in [-0.4, -0.2) is 12.1 Å². The van der Waals surface area contributed by atoms with Gasteiger partial charge in [-0.2, -0.15) is 0 Å². The Balaban J connectivity index is 3.14. The van der Waals surface area contributed by atoms with Crippen LogP contribution in [0.15, 0.2) is 0 Å². The van der Waals surface area contributed by atoms with E-state index in [2.05, 4.69) is 6.92 Å². The highest BCUT2D eigenvalue weighted by molar-refractivity contribution is 5.78. The second-order valence-corrected chi connectivity index (χ2v) is 5.88. The summed E-state index contributed by atoms with van der Waals surface area (Å²) < 4.78 is 0. The number of ketones is 1. The van der Waals surface area contributed by atoms with Gasteiger partial charge in [-0.05, 0) is 19.3 Å². The second kappa shape index (κ2) is 16.4. The third-order valence-electron chi connectivity index (χ3n) is 3.84. The summed E-state index contributed by atoms with van der Waals surface area (Å²) in [5, 5.41) is 0. The first kappa shape index (κ1) is 19.3. The third-order valence-corrected chi connectivity index (χ3v) is 3.84. The van der Waals surface area contributed by atoms with E-state index in [1.807, 2.05) is 0 Å². The minimum atomic E-state index is 0.450. The number of aldehydes is 1. The number of unbranched alkanes of at least 4 members (excludes halogenated alkanes) is 11. The molecular weight excluding hydrogens is 248 g/mol. The third kappa shape index (κ3) is 15.4. The molecule has 0 aromatic heterocycles. The molecule has 0 rings (SSSR count). The van der Waals surface area contributed by atoms with E-state index in [4.69, 9.17) is 0 Å². The summed E-state index contributed by atoms with van der Waals surface area (Å²) in [5.74, 6) is 0.450. The lowest BCUT2D eigenvalue weighted by atomic mass is 10.0. The van der Waals surface area contributed by atoms with Crippen LogP contribution in [0.4, 0.5) is 0 Å². The summed E-state index contributed by atoms with van der Waals surface area (Å²) in [6.45, 7) is 2.24. The molecule has 0 atom stereocenters. The zero-order valence-corrected chi connectivity index (χ0v) is 13.5. The molecule has 0 fully saturated rings. The van der Waals surface area contributed by atoms with Gasteiger partial charge < -0.3 is 4.79 Å². The maximum absolute atomic E-state index is 11.7. The summed E-state index contributed by atoms with van der Waals surface area (Å²) in [7, 11) is 0. The van der Waals surface area contributed by atoms with Gasteiger partial charge >= 0.3 is 0 Å². The normalized spacial score (nSPS) is 10.7. The average molecular weight is 282 g/mol. The fourth-order valence-corrected chi connectivity index (χ4v) is 2.48. The SMILES string of the molecule is CCCCCCCCCC(=O)CCCCCCCC=O. The predicted molar refractivity (Wildman–Crippen MR) is 86.0 cm³/mol. The first-order valence-electron chi connectivity index (χ1n) is 8.76. The van der Waals surface area contributed by atoms with E-state index < -0.39 is 0 Å². The maximum atomic E-state index is 11.7. The highest BCUT2D eigenvalue weighted by Gasteiger charge is 2.01. The minimum Gasteiger partial charge on any atom is -0.303 e. The maximum Gasteiger partial charge on any atom is 0.132 e. The van der Waals surface area contributed by atoms with Crippen LogP contribution in [0.3, 0.4) is 0 Å². The van der Waals surface area contributed by atoms with E-state index in [0.29, 0.717) is 12.2 Å². The number of rotatable bonds is 16. The number of hydrogen-bond acceptors (Lipinski definition) is 2. The number of carbonyl (C=O) groups excluding carboxylic acids is 2. The molecule has 0 radical (unpaired) electrons. The van der Waals surface area contributed by atoms with Crippen molar-refractivity contribution in [3.05, 3.63) is 0 Å². The van der Waals surface area contributed by atoms with E-state index in [0.717, 1.165) is 51.2 Å². The molecule has 0 heterocycles. The predicted octanol–water partition coefficient (Wildman–Crippen LogP) is 5.63. The topological polar surface area (TPSA) is 34.1 Å². The lowest BCUT2D eigenvalue weighted by molar-refractivity contribution is -0.119. The Kier molecular flexibility index (Phi) is 15.9. The van der Waals surface area contributed by atoms with Crippen molar-refractivity contribution in [1.29, 1.82) is 0 Å². The van der Waals surface area contributed by atoms with Crippen LogP contribution in [0.2, 0.25) is 0 Å². The van der Waals surface area contributed by atoms with Crippen LogP contribution in [0.5, 0.6) is 0 Å². The van der Waals surface area contributed by atoms with Gasteiger partial charge in [-0.15, -0.1) is 0 Å². The quantitative estimate of drug-likeness (QED) is 0.272. The molecule has 0 spiro atoms. The van der Waals surface area contributed by atoms with Gasteiger partial charge in [0.15, 0.2) is 0 Å². The van der Waals surface area contributed by atoms with E-state index in [1.54, 1.807) is 0 Å². The Morgan fingerprint density at radius 2 is 1.15 bits per heavy atom. The summed E-state index contributed by atoms with van der Waals surface area (Å²) in [5.41, 5.74) is 0. The van der Waals surface area contributed by atoms with Crippen molar-refractivity contribution >= 4 is 12.1 Å². The molecule has 0 unspecified atom stereocenters. The van der Waals surface area contributed by atoms with E-state index in [-0.39, 0.29) is 0 Å². The number of carbonyl (C=O) groups is 2. The zero-order chi connectivity index (χ0) is 14.9. The van der Waals surface area contributed by atoms with Gasteiger partial charge in [0.25, 0.3) is 0 Å². The molecular formula is C18H34O2. The van der Waals surface area contributed by atoms with Gasteiger partial charge in [0, 0.05) is 19.3 Å². The molecule has 0 aliphatic rings. The minimum absolute atomic E-state index is 0.450. The van der Waals surface area contributed by atoms with Crippen LogP contribution in [-0.2, 0) is 9.59 Å². The molecule has 0 aliphatic carbocycles. The van der Waals surface area contributed by atoms with Crippen molar-refractivity contribution < 1.29 is 9.59 Å². The highest BCUT2D eigenvalue weighted by Crippen LogP contribution is 2.11. The molecule has 0 saturated heterocycles. The Bertz CT molecular complexity index is 223. The van der Waals surface area contributed by atoms with Crippen molar-refractivity contribution in [1.82, 2.24) is 0 Å². The molecule has 0 amide bonds. The molecule has 0 bridgehead atoms. The van der Waals surface area contributed by atoms with Crippen LogP contribution >= 0.6 is 0 Å². The molecule has 0 N–H and O–H groups in total. The molecule has 20 heavy (non-hydrogen) atoms. The average Bonchev–Trinajstić information content (AvgIpc) is 2.45. The van der Waals surface area contributed by atoms with Gasteiger partial charge in [-0.25, -0.2) is 0 Å². The highest BCUT2D eigenvalue weighted by atomic mass is 16.1. The van der Waals surface area contributed by atoms with Crippen molar-refractivity contribution in [3.63, 3.8) is 0 Å². The van der Waals surface area contributed by atoms with Crippen LogP contribution in [0.1, 0.15) is 103 Å². The molecule has 0 aliphatic heterocycles. The van der Waals surface area contributed by atoms with Gasteiger partial charge in [0.05, 0.1) is 0 Å². The van der Waals surface area contributed by atoms with E-state index in [1.165, 1.54) is 44.9 Å². The standard InChI is InChI=1S/C18H34O2/c1-2-3-4-5-6-9-12-15-18(20)16-13-10-7-8-11-14-17-19/h17H,2-16H2,1H3. The largest absolute Gasteiger partial charge is 0.303 e. The molecule has 0 aromatic carbocycles. The van der Waals surface area contributed by atoms with Crippen molar-refractivity contribution in [2.45, 2.75) is 103 Å². The lowest BCUT2D eigenvalue weighted by Gasteiger charge is -2.02. The summed E-state index contributed by atoms with van der Waals surface area (Å²) in [6, 6.07) is 0. The molecule has 2 heteroatoms. The number of Topliss-reactive ketones (excluding diaryl/α,β-unsaturated/α-hetero) is 1. The summed E-state index contributed by atoms with van der Waals surface area (Å²) in [4.78, 5) is 21.8. The monoisotopic (exact) mass is 282 g/mol. The molecule has 0 aromatic rings. The fraction of sp³-hybridized carbons (Fsp3) is 0.889. The first-order chi connectivity index (χ1) is 9.81. The first-order valence-corrected chi connectivity index (χ1v) is 8.76. The Morgan fingerprint density at radius 3 is 1.65 bits per heavy atom. The molecule has 2 nitrogen and oxygen atoms in total. The van der Waals surface area contributed by atoms with Crippen molar-refractivity contribution in [2.24, 2.45) is 0 Å². The Labute approximate surface area is 125 Å². The van der Waals surface area contributed by atoms with Gasteiger partial charge in [-0.1, -0.05) is 64.7 Å². The van der Waals surface area contributed by atoms with Gasteiger partial charge in [-0.3, -0.25) is 4.79 Å². The Hall–Kier alpha value is -0.660. The summed E-state index contributed by atoms with van der Waals surface area (Å²) in [6.07, 6.45) is 17.7. The molecule has 118 valence electrons.